The first kappa shape index (κ1) is 18.2. The molecule has 2 aliphatic heterocycles. The largest absolute Gasteiger partial charge is 0.376 e. The molecule has 0 unspecified atom stereocenters. The summed E-state index contributed by atoms with van der Waals surface area (Å²) in [7, 11) is 0. The Kier molecular flexibility index (Phi) is 4.42. The van der Waals surface area contributed by atoms with Gasteiger partial charge in [-0.2, -0.15) is 0 Å². The summed E-state index contributed by atoms with van der Waals surface area (Å²) < 4.78 is 32.2. The average molecular weight is 389 g/mol. The Labute approximate surface area is 158 Å². The summed E-state index contributed by atoms with van der Waals surface area (Å²) in [6, 6.07) is 2.90. The third-order valence-corrected chi connectivity index (χ3v) is 4.86. The summed E-state index contributed by atoms with van der Waals surface area (Å²) >= 11 is 0. The van der Waals surface area contributed by atoms with Gasteiger partial charge in [0.25, 0.3) is 0 Å². The average Bonchev–Trinajstić information content (AvgIpc) is 2.60. The van der Waals surface area contributed by atoms with Crippen LogP contribution in [0.4, 0.5) is 19.3 Å². The molecule has 146 valence electrons. The lowest BCUT2D eigenvalue weighted by Crippen LogP contribution is -2.66. The minimum absolute atomic E-state index is 0.0912. The van der Waals surface area contributed by atoms with Crippen LogP contribution in [0.15, 0.2) is 30.6 Å². The molecule has 10 heteroatoms. The second-order valence-corrected chi connectivity index (χ2v) is 6.75. The van der Waals surface area contributed by atoms with E-state index in [0.29, 0.717) is 17.4 Å². The lowest BCUT2D eigenvalue weighted by Gasteiger charge is -2.51. The first-order valence-electron chi connectivity index (χ1n) is 8.63. The van der Waals surface area contributed by atoms with E-state index in [1.54, 1.807) is 18.3 Å². The van der Waals surface area contributed by atoms with E-state index in [4.69, 9.17) is 4.74 Å². The van der Waals surface area contributed by atoms with Crippen molar-refractivity contribution < 1.29 is 23.1 Å². The Balaban J connectivity index is 1.52. The topological polar surface area (TPSA) is 96.5 Å². The molecule has 0 aromatic carbocycles. The van der Waals surface area contributed by atoms with Crippen LogP contribution < -0.4 is 10.6 Å². The Morgan fingerprint density at radius 1 is 1.43 bits per heavy atom. The lowest BCUT2D eigenvalue weighted by atomic mass is 9.87. The molecule has 1 atom stereocenters. The van der Waals surface area contributed by atoms with Crippen molar-refractivity contribution in [2.75, 3.05) is 25.1 Å². The van der Waals surface area contributed by atoms with Crippen LogP contribution in [0.2, 0.25) is 0 Å². The van der Waals surface area contributed by atoms with Crippen molar-refractivity contribution >= 4 is 17.6 Å². The molecule has 2 aliphatic rings. The molecule has 0 saturated carbocycles. The molecule has 4 rings (SSSR count). The Morgan fingerprint density at radius 3 is 2.89 bits per heavy atom. The first-order valence-corrected chi connectivity index (χ1v) is 8.63. The monoisotopic (exact) mass is 389 g/mol. The van der Waals surface area contributed by atoms with Crippen molar-refractivity contribution in [1.29, 1.82) is 0 Å². The van der Waals surface area contributed by atoms with Gasteiger partial charge in [-0.15, -0.1) is 0 Å². The minimum Gasteiger partial charge on any atom is -0.376 e. The number of pyridine rings is 2. The van der Waals surface area contributed by atoms with Gasteiger partial charge in [0.1, 0.15) is 23.7 Å². The van der Waals surface area contributed by atoms with Gasteiger partial charge < -0.3 is 15.4 Å². The van der Waals surface area contributed by atoms with Crippen molar-refractivity contribution in [2.45, 2.75) is 18.5 Å². The number of rotatable bonds is 4. The van der Waals surface area contributed by atoms with E-state index >= 15 is 0 Å². The highest BCUT2D eigenvalue weighted by atomic mass is 19.1. The number of nitrogens with zero attached hydrogens (tertiary/aromatic N) is 3. The number of urea groups is 1. The van der Waals surface area contributed by atoms with Crippen molar-refractivity contribution in [2.24, 2.45) is 0 Å². The summed E-state index contributed by atoms with van der Waals surface area (Å²) in [4.78, 5) is 34.5. The highest BCUT2D eigenvalue weighted by Crippen LogP contribution is 2.41. The van der Waals surface area contributed by atoms with Crippen molar-refractivity contribution in [3.8, 4) is 0 Å². The number of aromatic nitrogens is 2. The van der Waals surface area contributed by atoms with Crippen molar-refractivity contribution in [1.82, 2.24) is 20.2 Å². The quantitative estimate of drug-likeness (QED) is 0.830. The van der Waals surface area contributed by atoms with Gasteiger partial charge in [0.2, 0.25) is 5.91 Å². The summed E-state index contributed by atoms with van der Waals surface area (Å²) in [6.07, 6.45) is 2.49. The van der Waals surface area contributed by atoms with Gasteiger partial charge in [0, 0.05) is 12.3 Å². The molecule has 2 N–H and O–H groups in total. The third-order valence-electron chi connectivity index (χ3n) is 4.86. The number of carbonyl (C=O) groups excluding carboxylic acids is 2. The van der Waals surface area contributed by atoms with Gasteiger partial charge in [0.15, 0.2) is 0 Å². The van der Waals surface area contributed by atoms with E-state index in [0.717, 1.165) is 6.20 Å². The Hall–Kier alpha value is -3.14. The van der Waals surface area contributed by atoms with E-state index < -0.39 is 35.2 Å². The maximum absolute atomic E-state index is 13.9. The van der Waals surface area contributed by atoms with E-state index in [1.165, 1.54) is 11.8 Å². The molecule has 4 heterocycles. The summed E-state index contributed by atoms with van der Waals surface area (Å²) in [5, 5.41) is 5.30. The predicted octanol–water partition coefficient (Wildman–Crippen LogP) is 1.71. The smallest absolute Gasteiger partial charge is 0.323 e. The summed E-state index contributed by atoms with van der Waals surface area (Å²) in [5.74, 6) is -2.17. The van der Waals surface area contributed by atoms with Crippen LogP contribution in [0, 0.1) is 11.6 Å². The third kappa shape index (κ3) is 2.95. The standard InChI is InChI=1S/C18H17F2N5O3/c1-10(15-12(20)5-11(19)6-22-15)23-14(26)7-25-17(27)24-13-3-2-4-21-16(13)18(25)8-28-9-18/h2-6,10H,7-9H2,1H3,(H,23,26)(H,24,27)/t10-/m1/s1. The number of hydrogen-bond donors (Lipinski definition) is 2. The Bertz CT molecular complexity index is 951. The fourth-order valence-electron chi connectivity index (χ4n) is 3.44. The number of fused-ring (bicyclic) bond motifs is 2. The minimum atomic E-state index is -0.856. The van der Waals surface area contributed by atoms with Crippen LogP contribution in [-0.2, 0) is 15.1 Å². The molecule has 2 aromatic heterocycles. The molecule has 8 nitrogen and oxygen atoms in total. The number of hydrogen-bond acceptors (Lipinski definition) is 5. The van der Waals surface area contributed by atoms with E-state index in [1.807, 2.05) is 0 Å². The second kappa shape index (κ2) is 6.79. The number of anilines is 1. The molecule has 2 aromatic rings. The van der Waals surface area contributed by atoms with E-state index in [9.17, 15) is 18.4 Å². The molecular weight excluding hydrogens is 372 g/mol. The highest BCUT2D eigenvalue weighted by molar-refractivity contribution is 5.96. The maximum atomic E-state index is 13.9. The van der Waals surface area contributed by atoms with E-state index in [-0.39, 0.29) is 25.5 Å². The molecular formula is C18H17F2N5O3. The molecule has 1 fully saturated rings. The Morgan fingerprint density at radius 2 is 2.21 bits per heavy atom. The van der Waals surface area contributed by atoms with E-state index in [2.05, 4.69) is 20.6 Å². The van der Waals surface area contributed by atoms with Crippen LogP contribution in [0.25, 0.3) is 0 Å². The fourth-order valence-corrected chi connectivity index (χ4v) is 3.44. The summed E-state index contributed by atoms with van der Waals surface area (Å²) in [5.41, 5.74) is 0.303. The zero-order chi connectivity index (χ0) is 19.9. The fraction of sp³-hybridized carbons (Fsp3) is 0.333. The number of amides is 3. The molecule has 1 saturated heterocycles. The predicted molar refractivity (Wildman–Crippen MR) is 93.2 cm³/mol. The molecule has 1 spiro atoms. The zero-order valence-electron chi connectivity index (χ0n) is 14.9. The SMILES string of the molecule is C[C@@H](NC(=O)CN1C(=O)Nc2cccnc2C12COC2)c1ncc(F)cc1F. The molecule has 3 amide bonds. The number of halogens is 2. The van der Waals surface area contributed by atoms with Crippen molar-refractivity contribution in [3.05, 3.63) is 53.6 Å². The zero-order valence-corrected chi connectivity index (χ0v) is 14.9. The molecule has 0 bridgehead atoms. The van der Waals surface area contributed by atoms with Crippen LogP contribution in [0.3, 0.4) is 0 Å². The van der Waals surface area contributed by atoms with Gasteiger partial charge in [0.05, 0.1) is 42.5 Å². The van der Waals surface area contributed by atoms with Gasteiger partial charge in [-0.3, -0.25) is 19.7 Å². The maximum Gasteiger partial charge on any atom is 0.323 e. The van der Waals surface area contributed by atoms with Crippen LogP contribution >= 0.6 is 0 Å². The first-order chi connectivity index (χ1) is 13.4. The molecule has 0 radical (unpaired) electrons. The van der Waals surface area contributed by atoms with Gasteiger partial charge in [-0.05, 0) is 19.1 Å². The van der Waals surface area contributed by atoms with Crippen molar-refractivity contribution in [3.63, 3.8) is 0 Å². The van der Waals surface area contributed by atoms with Gasteiger partial charge in [-0.25, -0.2) is 13.6 Å². The molecule has 0 aliphatic carbocycles. The molecule has 28 heavy (non-hydrogen) atoms. The van der Waals surface area contributed by atoms with Crippen LogP contribution in [0.1, 0.15) is 24.4 Å². The van der Waals surface area contributed by atoms with Crippen LogP contribution in [-0.4, -0.2) is 46.6 Å². The highest BCUT2D eigenvalue weighted by Gasteiger charge is 2.53. The second-order valence-electron chi connectivity index (χ2n) is 6.75. The van der Waals surface area contributed by atoms with Gasteiger partial charge in [-0.1, -0.05) is 0 Å². The summed E-state index contributed by atoms with van der Waals surface area (Å²) in [6.45, 7) is 1.69. The lowest BCUT2D eigenvalue weighted by molar-refractivity contribution is -0.143. The number of carbonyl (C=O) groups is 2. The normalized spacial score (nSPS) is 18.1. The number of ether oxygens (including phenoxy) is 1. The van der Waals surface area contributed by atoms with Crippen LogP contribution in [0.5, 0.6) is 0 Å². The van der Waals surface area contributed by atoms with Gasteiger partial charge >= 0.3 is 6.03 Å². The number of nitrogens with one attached hydrogen (secondary N) is 2.